The van der Waals surface area contributed by atoms with E-state index in [-0.39, 0.29) is 6.54 Å². The number of nitrogens with one attached hydrogen (secondary N) is 1. The summed E-state index contributed by atoms with van der Waals surface area (Å²) in [4.78, 5) is 25.3. The van der Waals surface area contributed by atoms with Crippen molar-refractivity contribution >= 4 is 39.0 Å². The molecule has 0 aliphatic heterocycles. The van der Waals surface area contributed by atoms with E-state index in [9.17, 15) is 9.59 Å². The van der Waals surface area contributed by atoms with Crippen LogP contribution in [0.5, 0.6) is 0 Å². The van der Waals surface area contributed by atoms with E-state index in [2.05, 4.69) is 36.7 Å². The number of aromatic nitrogens is 3. The molecule has 0 spiro atoms. The van der Waals surface area contributed by atoms with Crippen LogP contribution in [0, 0.1) is 6.92 Å². The van der Waals surface area contributed by atoms with Crippen LogP contribution in [0.15, 0.2) is 73.5 Å². The molecule has 8 nitrogen and oxygen atoms in total. The molecule has 4 rings (SSSR count). The first-order valence-corrected chi connectivity index (χ1v) is 10.3. The normalized spacial score (nSPS) is 11.3. The molecule has 0 bridgehead atoms. The number of hydrogen-bond acceptors (Lipinski definition) is 6. The number of aryl methyl sites for hydroxylation is 1. The number of rotatable bonds is 6. The molecule has 0 saturated heterocycles. The second-order valence-electron chi connectivity index (χ2n) is 6.86. The lowest BCUT2D eigenvalue weighted by molar-refractivity contribution is -0.121. The van der Waals surface area contributed by atoms with Crippen molar-refractivity contribution in [2.75, 3.05) is 0 Å². The number of nitrogens with zero attached hydrogens (tertiary/aromatic N) is 4. The predicted octanol–water partition coefficient (Wildman–Crippen LogP) is 3.20. The van der Waals surface area contributed by atoms with Crippen molar-refractivity contribution in [2.24, 2.45) is 5.10 Å². The summed E-state index contributed by atoms with van der Waals surface area (Å²) >= 11 is 3.41. The standard InChI is InChI=1S/C22H18BrN5O3/c1-14-20-21(31-27-14)18(11-15-7-3-2-4-8-15)26-28(22(20)30)13-19(29)25-24-12-16-9-5-6-10-17(16)23/h2-10,12H,11,13H2,1H3,(H,25,29)/b24-12-. The molecule has 2 aromatic carbocycles. The quantitative estimate of drug-likeness (QED) is 0.337. The minimum absolute atomic E-state index is 0.283. The number of carbonyl (C=O) groups excluding carboxylic acids is 1. The first-order valence-electron chi connectivity index (χ1n) is 9.49. The van der Waals surface area contributed by atoms with Crippen molar-refractivity contribution in [2.45, 2.75) is 19.9 Å². The topological polar surface area (TPSA) is 102 Å². The Morgan fingerprint density at radius 2 is 1.94 bits per heavy atom. The van der Waals surface area contributed by atoms with Crippen LogP contribution in [-0.2, 0) is 17.8 Å². The fourth-order valence-corrected chi connectivity index (χ4v) is 3.51. The van der Waals surface area contributed by atoms with Crippen LogP contribution in [0.2, 0.25) is 0 Å². The average molecular weight is 480 g/mol. The number of halogens is 1. The van der Waals surface area contributed by atoms with Gasteiger partial charge in [-0.25, -0.2) is 10.1 Å². The van der Waals surface area contributed by atoms with Crippen LogP contribution in [0.3, 0.4) is 0 Å². The molecule has 0 unspecified atom stereocenters. The lowest BCUT2D eigenvalue weighted by atomic mass is 10.1. The maximum Gasteiger partial charge on any atom is 0.280 e. The Morgan fingerprint density at radius 3 is 2.71 bits per heavy atom. The van der Waals surface area contributed by atoms with Crippen molar-refractivity contribution in [3.63, 3.8) is 0 Å². The molecule has 1 N–H and O–H groups in total. The summed E-state index contributed by atoms with van der Waals surface area (Å²) in [7, 11) is 0. The minimum atomic E-state index is -0.475. The highest BCUT2D eigenvalue weighted by Crippen LogP contribution is 2.19. The molecule has 1 amide bonds. The van der Waals surface area contributed by atoms with E-state index in [4.69, 9.17) is 4.52 Å². The van der Waals surface area contributed by atoms with Crippen LogP contribution in [0.1, 0.15) is 22.5 Å². The van der Waals surface area contributed by atoms with E-state index >= 15 is 0 Å². The third kappa shape index (κ3) is 4.61. The maximum absolute atomic E-state index is 12.9. The van der Waals surface area contributed by atoms with Gasteiger partial charge in [-0.1, -0.05) is 69.6 Å². The van der Waals surface area contributed by atoms with Gasteiger partial charge in [0.25, 0.3) is 11.5 Å². The Labute approximate surface area is 185 Å². The van der Waals surface area contributed by atoms with Crippen LogP contribution in [-0.4, -0.2) is 27.1 Å². The van der Waals surface area contributed by atoms with Gasteiger partial charge in [0.15, 0.2) is 5.58 Å². The zero-order valence-electron chi connectivity index (χ0n) is 16.6. The second kappa shape index (κ2) is 9.05. The van der Waals surface area contributed by atoms with Gasteiger partial charge in [-0.2, -0.15) is 10.2 Å². The van der Waals surface area contributed by atoms with E-state index < -0.39 is 11.5 Å². The number of benzene rings is 2. The number of fused-ring (bicyclic) bond motifs is 1. The maximum atomic E-state index is 12.9. The molecule has 4 aromatic rings. The Morgan fingerprint density at radius 1 is 1.19 bits per heavy atom. The van der Waals surface area contributed by atoms with E-state index in [1.165, 1.54) is 6.21 Å². The number of amides is 1. The molecule has 0 saturated carbocycles. The van der Waals surface area contributed by atoms with E-state index in [0.29, 0.717) is 28.8 Å². The summed E-state index contributed by atoms with van der Waals surface area (Å²) in [6.45, 7) is 1.40. The smallest absolute Gasteiger partial charge is 0.280 e. The molecular weight excluding hydrogens is 462 g/mol. The van der Waals surface area contributed by atoms with Crippen molar-refractivity contribution in [1.82, 2.24) is 20.4 Å². The van der Waals surface area contributed by atoms with Crippen LogP contribution in [0.25, 0.3) is 11.0 Å². The zero-order chi connectivity index (χ0) is 21.8. The summed E-state index contributed by atoms with van der Waals surface area (Å²) in [5, 5.41) is 12.6. The van der Waals surface area contributed by atoms with E-state index in [0.717, 1.165) is 20.3 Å². The van der Waals surface area contributed by atoms with Gasteiger partial charge in [0.2, 0.25) is 0 Å². The Hall–Kier alpha value is -3.59. The minimum Gasteiger partial charge on any atom is -0.354 e. The molecule has 0 fully saturated rings. The molecule has 0 atom stereocenters. The average Bonchev–Trinajstić information content (AvgIpc) is 3.16. The predicted molar refractivity (Wildman–Crippen MR) is 120 cm³/mol. The summed E-state index contributed by atoms with van der Waals surface area (Å²) in [5.74, 6) is -0.475. The van der Waals surface area contributed by atoms with Crippen molar-refractivity contribution < 1.29 is 9.32 Å². The molecular formula is C22H18BrN5O3. The fraction of sp³-hybridized carbons (Fsp3) is 0.136. The van der Waals surface area contributed by atoms with Crippen LogP contribution in [0.4, 0.5) is 0 Å². The number of carbonyl (C=O) groups is 1. The number of hydrazone groups is 1. The van der Waals surface area contributed by atoms with Crippen LogP contribution < -0.4 is 11.0 Å². The van der Waals surface area contributed by atoms with Crippen LogP contribution >= 0.6 is 15.9 Å². The van der Waals surface area contributed by atoms with E-state index in [1.54, 1.807) is 6.92 Å². The Balaban J connectivity index is 1.59. The highest BCUT2D eigenvalue weighted by molar-refractivity contribution is 9.10. The monoisotopic (exact) mass is 479 g/mol. The lowest BCUT2D eigenvalue weighted by Gasteiger charge is -2.07. The number of hydrogen-bond donors (Lipinski definition) is 1. The van der Waals surface area contributed by atoms with Crippen molar-refractivity contribution in [1.29, 1.82) is 0 Å². The zero-order valence-corrected chi connectivity index (χ0v) is 18.2. The van der Waals surface area contributed by atoms with Gasteiger partial charge in [0.05, 0.1) is 11.9 Å². The molecule has 0 aliphatic rings. The third-order valence-electron chi connectivity index (χ3n) is 4.62. The molecule has 156 valence electrons. The molecule has 9 heteroatoms. The Kier molecular flexibility index (Phi) is 6.03. The summed E-state index contributed by atoms with van der Waals surface area (Å²) < 4.78 is 7.33. The highest BCUT2D eigenvalue weighted by Gasteiger charge is 2.19. The third-order valence-corrected chi connectivity index (χ3v) is 5.34. The summed E-state index contributed by atoms with van der Waals surface area (Å²) in [5.41, 5.74) is 5.14. The summed E-state index contributed by atoms with van der Waals surface area (Å²) in [6, 6.07) is 17.1. The van der Waals surface area contributed by atoms with Gasteiger partial charge in [-0.05, 0) is 18.6 Å². The first-order chi connectivity index (χ1) is 15.0. The Bertz CT molecular complexity index is 1330. The molecule has 0 aliphatic carbocycles. The molecule has 2 aromatic heterocycles. The van der Waals surface area contributed by atoms with Gasteiger partial charge in [-0.3, -0.25) is 9.59 Å². The van der Waals surface area contributed by atoms with Crippen molar-refractivity contribution in [3.05, 3.63) is 91.9 Å². The summed E-state index contributed by atoms with van der Waals surface area (Å²) in [6.07, 6.45) is 1.96. The van der Waals surface area contributed by atoms with Gasteiger partial charge in [-0.15, -0.1) is 0 Å². The van der Waals surface area contributed by atoms with Crippen molar-refractivity contribution in [3.8, 4) is 0 Å². The van der Waals surface area contributed by atoms with Gasteiger partial charge in [0, 0.05) is 16.5 Å². The molecule has 2 heterocycles. The largest absolute Gasteiger partial charge is 0.354 e. The molecule has 31 heavy (non-hydrogen) atoms. The van der Waals surface area contributed by atoms with E-state index in [1.807, 2.05) is 54.6 Å². The van der Waals surface area contributed by atoms with Gasteiger partial charge in [0.1, 0.15) is 17.6 Å². The lowest BCUT2D eigenvalue weighted by Crippen LogP contribution is -2.32. The SMILES string of the molecule is Cc1noc2c(Cc3ccccc3)nn(CC(=O)N/N=C\c3ccccc3Br)c(=O)c12. The van der Waals surface area contributed by atoms with Gasteiger partial charge >= 0.3 is 0 Å². The van der Waals surface area contributed by atoms with Gasteiger partial charge < -0.3 is 4.52 Å². The fourth-order valence-electron chi connectivity index (χ4n) is 3.12. The molecule has 0 radical (unpaired) electrons. The second-order valence-corrected chi connectivity index (χ2v) is 7.71. The highest BCUT2D eigenvalue weighted by atomic mass is 79.9. The first kappa shape index (κ1) is 20.7.